The maximum absolute atomic E-state index is 12.7. The van der Waals surface area contributed by atoms with E-state index >= 15 is 0 Å². The van der Waals surface area contributed by atoms with E-state index < -0.39 is 0 Å². The molecule has 8 heteroatoms. The topological polar surface area (TPSA) is 51.2 Å². The first-order valence-electron chi connectivity index (χ1n) is 11.4. The molecule has 1 aromatic rings. The van der Waals surface area contributed by atoms with Crippen molar-refractivity contribution < 1.29 is 4.79 Å². The van der Waals surface area contributed by atoms with E-state index in [1.165, 1.54) is 32.4 Å². The fourth-order valence-electron chi connectivity index (χ4n) is 4.53. The molecule has 3 aliphatic rings. The lowest BCUT2D eigenvalue weighted by Crippen LogP contribution is -2.54. The molecule has 2 heterocycles. The van der Waals surface area contributed by atoms with Gasteiger partial charge in [0.2, 0.25) is 5.91 Å². The monoisotopic (exact) mass is 559 g/mol. The van der Waals surface area contributed by atoms with Gasteiger partial charge in [-0.15, -0.1) is 24.0 Å². The van der Waals surface area contributed by atoms with Gasteiger partial charge in [-0.3, -0.25) is 9.79 Å². The van der Waals surface area contributed by atoms with Gasteiger partial charge < -0.3 is 20.0 Å². The number of likely N-dealkylation sites (tertiary alicyclic amines) is 1. The van der Waals surface area contributed by atoms with Crippen LogP contribution in [-0.2, 0) is 11.2 Å². The van der Waals surface area contributed by atoms with Crippen LogP contribution in [0.25, 0.3) is 0 Å². The Morgan fingerprint density at radius 1 is 1.13 bits per heavy atom. The zero-order chi connectivity index (χ0) is 20.9. The summed E-state index contributed by atoms with van der Waals surface area (Å²) in [5.74, 6) is 1.86. The van der Waals surface area contributed by atoms with E-state index in [-0.39, 0.29) is 29.9 Å². The molecule has 0 aromatic heterocycles. The summed E-state index contributed by atoms with van der Waals surface area (Å²) in [4.78, 5) is 24.6. The summed E-state index contributed by atoms with van der Waals surface area (Å²) in [5, 5.41) is 4.14. The lowest BCUT2D eigenvalue weighted by atomic mass is 10.1. The second-order valence-electron chi connectivity index (χ2n) is 8.75. The van der Waals surface area contributed by atoms with Gasteiger partial charge >= 0.3 is 0 Å². The van der Waals surface area contributed by atoms with E-state index in [9.17, 15) is 4.79 Å². The minimum atomic E-state index is 0. The molecular formula is C23H35ClIN5O. The molecule has 1 unspecified atom stereocenters. The van der Waals surface area contributed by atoms with Gasteiger partial charge in [0, 0.05) is 56.9 Å². The Morgan fingerprint density at radius 3 is 2.55 bits per heavy atom. The highest BCUT2D eigenvalue weighted by molar-refractivity contribution is 14.0. The van der Waals surface area contributed by atoms with Crippen LogP contribution in [0.3, 0.4) is 0 Å². The number of benzene rings is 1. The van der Waals surface area contributed by atoms with Crippen LogP contribution >= 0.6 is 35.6 Å². The van der Waals surface area contributed by atoms with Crippen molar-refractivity contribution in [3.63, 3.8) is 0 Å². The fraction of sp³-hybridized carbons (Fsp3) is 0.652. The molecule has 172 valence electrons. The zero-order valence-corrected chi connectivity index (χ0v) is 21.5. The third-order valence-electron chi connectivity index (χ3n) is 6.39. The van der Waals surface area contributed by atoms with Gasteiger partial charge in [-0.05, 0) is 56.3 Å². The normalized spacial score (nSPS) is 22.4. The van der Waals surface area contributed by atoms with E-state index in [0.29, 0.717) is 17.4 Å². The molecule has 3 fully saturated rings. The quantitative estimate of drug-likeness (QED) is 0.331. The predicted molar refractivity (Wildman–Crippen MR) is 137 cm³/mol. The molecule has 1 N–H and O–H groups in total. The Kier molecular flexibility index (Phi) is 9.28. The Hall–Kier alpha value is -1.06. The minimum absolute atomic E-state index is 0. The van der Waals surface area contributed by atoms with Crippen molar-refractivity contribution in [1.29, 1.82) is 0 Å². The highest BCUT2D eigenvalue weighted by Gasteiger charge is 2.34. The van der Waals surface area contributed by atoms with Gasteiger partial charge in [0.15, 0.2) is 5.96 Å². The predicted octanol–water partition coefficient (Wildman–Crippen LogP) is 3.09. The number of guanidine groups is 1. The molecule has 1 saturated carbocycles. The number of carbonyl (C=O) groups is 1. The van der Waals surface area contributed by atoms with E-state index in [2.05, 4.69) is 22.0 Å². The molecule has 1 aliphatic carbocycles. The van der Waals surface area contributed by atoms with E-state index in [4.69, 9.17) is 16.6 Å². The van der Waals surface area contributed by atoms with Gasteiger partial charge in [0.05, 0.1) is 6.42 Å². The summed E-state index contributed by atoms with van der Waals surface area (Å²) in [6.07, 6.45) is 4.46. The van der Waals surface area contributed by atoms with Crippen molar-refractivity contribution >= 4 is 47.4 Å². The summed E-state index contributed by atoms with van der Waals surface area (Å²) in [6.45, 7) is 9.47. The molecule has 0 radical (unpaired) electrons. The molecule has 0 spiro atoms. The van der Waals surface area contributed by atoms with Crippen molar-refractivity contribution in [3.8, 4) is 0 Å². The molecule has 1 amide bonds. The second kappa shape index (κ2) is 11.7. The summed E-state index contributed by atoms with van der Waals surface area (Å²) in [6, 6.07) is 8.44. The summed E-state index contributed by atoms with van der Waals surface area (Å²) >= 11 is 6.05. The van der Waals surface area contributed by atoms with Gasteiger partial charge in [-0.2, -0.15) is 0 Å². The van der Waals surface area contributed by atoms with Crippen LogP contribution in [0, 0.1) is 5.92 Å². The first kappa shape index (κ1) is 24.6. The molecular weight excluding hydrogens is 525 g/mol. The number of halogens is 2. The molecule has 0 bridgehead atoms. The Labute approximate surface area is 208 Å². The summed E-state index contributed by atoms with van der Waals surface area (Å²) in [7, 11) is 0. The van der Waals surface area contributed by atoms with Crippen LogP contribution in [0.5, 0.6) is 0 Å². The molecule has 1 atom stereocenters. The highest BCUT2D eigenvalue weighted by Crippen LogP contribution is 2.31. The van der Waals surface area contributed by atoms with Crippen molar-refractivity contribution in [1.82, 2.24) is 20.0 Å². The fourth-order valence-corrected chi connectivity index (χ4v) is 4.74. The van der Waals surface area contributed by atoms with Crippen molar-refractivity contribution in [2.24, 2.45) is 10.9 Å². The van der Waals surface area contributed by atoms with Crippen LogP contribution in [-0.4, -0.2) is 85.0 Å². The maximum atomic E-state index is 12.7. The Bertz CT molecular complexity index is 764. The molecule has 6 nitrogen and oxygen atoms in total. The minimum Gasteiger partial charge on any atom is -0.357 e. The van der Waals surface area contributed by atoms with Crippen LogP contribution in [0.2, 0.25) is 5.02 Å². The number of aliphatic imine (C=N–C) groups is 1. The van der Waals surface area contributed by atoms with E-state index in [0.717, 1.165) is 56.8 Å². The van der Waals surface area contributed by atoms with Crippen molar-refractivity contribution in [2.45, 2.75) is 38.6 Å². The standard InChI is InChI=1S/C23H34ClN5O.HI/c1-2-25-23(26-16-19-8-9-29(17-19)21-6-7-21)28-12-10-27(11-13-28)22(30)15-18-4-3-5-20(24)14-18;/h3-5,14,19,21H,2,6-13,15-17H2,1H3,(H,25,26);1H. The maximum Gasteiger partial charge on any atom is 0.227 e. The van der Waals surface area contributed by atoms with Gasteiger partial charge in [-0.25, -0.2) is 0 Å². The number of nitrogens with zero attached hydrogens (tertiary/aromatic N) is 4. The lowest BCUT2D eigenvalue weighted by molar-refractivity contribution is -0.131. The number of nitrogens with one attached hydrogen (secondary N) is 1. The zero-order valence-electron chi connectivity index (χ0n) is 18.4. The van der Waals surface area contributed by atoms with Gasteiger partial charge in [0.1, 0.15) is 0 Å². The molecule has 2 saturated heterocycles. The number of piperazine rings is 1. The average Bonchev–Trinajstić information content (AvgIpc) is 3.49. The van der Waals surface area contributed by atoms with Gasteiger partial charge in [-0.1, -0.05) is 23.7 Å². The number of amides is 1. The third-order valence-corrected chi connectivity index (χ3v) is 6.63. The summed E-state index contributed by atoms with van der Waals surface area (Å²) < 4.78 is 0. The molecule has 31 heavy (non-hydrogen) atoms. The summed E-state index contributed by atoms with van der Waals surface area (Å²) in [5.41, 5.74) is 0.974. The Morgan fingerprint density at radius 2 is 1.87 bits per heavy atom. The van der Waals surface area contributed by atoms with Crippen LogP contribution in [0.1, 0.15) is 31.7 Å². The highest BCUT2D eigenvalue weighted by atomic mass is 127. The van der Waals surface area contributed by atoms with Crippen LogP contribution in [0.4, 0.5) is 0 Å². The average molecular weight is 560 g/mol. The number of carbonyl (C=O) groups excluding carboxylic acids is 1. The van der Waals surface area contributed by atoms with Crippen molar-refractivity contribution in [2.75, 3.05) is 52.4 Å². The largest absolute Gasteiger partial charge is 0.357 e. The smallest absolute Gasteiger partial charge is 0.227 e. The SMILES string of the molecule is CCNC(=NCC1CCN(C2CC2)C1)N1CCN(C(=O)Cc2cccc(Cl)c2)CC1.I. The first-order valence-corrected chi connectivity index (χ1v) is 11.8. The molecule has 2 aliphatic heterocycles. The molecule has 4 rings (SSSR count). The van der Waals surface area contributed by atoms with E-state index in [1.807, 2.05) is 29.2 Å². The van der Waals surface area contributed by atoms with Crippen LogP contribution < -0.4 is 5.32 Å². The number of hydrogen-bond donors (Lipinski definition) is 1. The third kappa shape index (κ3) is 6.96. The van der Waals surface area contributed by atoms with Crippen LogP contribution in [0.15, 0.2) is 29.3 Å². The van der Waals surface area contributed by atoms with E-state index in [1.54, 1.807) is 0 Å². The second-order valence-corrected chi connectivity index (χ2v) is 9.19. The van der Waals surface area contributed by atoms with Crippen molar-refractivity contribution in [3.05, 3.63) is 34.9 Å². The van der Waals surface area contributed by atoms with Gasteiger partial charge in [0.25, 0.3) is 0 Å². The first-order chi connectivity index (χ1) is 14.6. The number of rotatable bonds is 6. The lowest BCUT2D eigenvalue weighted by Gasteiger charge is -2.36. The Balaban J connectivity index is 0.00000272. The molecule has 1 aromatic carbocycles. The number of hydrogen-bond acceptors (Lipinski definition) is 3.